The molecule has 8 heteroatoms. The number of amides is 1. The summed E-state index contributed by atoms with van der Waals surface area (Å²) in [7, 11) is 0. The van der Waals surface area contributed by atoms with Crippen LogP contribution in [-0.2, 0) is 4.79 Å². The number of carbonyl (C=O) groups excluding carboxylic acids is 1. The molecule has 1 amide bonds. The van der Waals surface area contributed by atoms with Gasteiger partial charge in [-0.3, -0.25) is 14.9 Å². The number of aromatic nitrogens is 1. The summed E-state index contributed by atoms with van der Waals surface area (Å²) in [5, 5.41) is 14.0. The fourth-order valence-corrected chi connectivity index (χ4v) is 2.33. The number of pyridine rings is 1. The van der Waals surface area contributed by atoms with Gasteiger partial charge in [-0.25, -0.2) is 4.98 Å². The highest BCUT2D eigenvalue weighted by Crippen LogP contribution is 2.30. The second-order valence-corrected chi connectivity index (χ2v) is 4.57. The van der Waals surface area contributed by atoms with Crippen molar-refractivity contribution < 1.29 is 9.72 Å². The standard InChI is InChI=1S/C11H13ClN4O3/c1-2-15(8-3-4-13-11(8)17)10-9(16(18)19)5-7(12)6-14-10/h5-6,8H,2-4H2,1H3,(H,13,17)/t8-/m0/s1. The average molecular weight is 285 g/mol. The molecule has 0 spiro atoms. The van der Waals surface area contributed by atoms with Gasteiger partial charge in [-0.1, -0.05) is 11.6 Å². The van der Waals surface area contributed by atoms with Crippen molar-refractivity contribution in [2.24, 2.45) is 0 Å². The number of anilines is 1. The molecule has 0 bridgehead atoms. The summed E-state index contributed by atoms with van der Waals surface area (Å²) in [6, 6.07) is 0.830. The number of nitro groups is 1. The zero-order valence-electron chi connectivity index (χ0n) is 10.3. The molecule has 2 rings (SSSR count). The lowest BCUT2D eigenvalue weighted by Crippen LogP contribution is -2.41. The van der Waals surface area contributed by atoms with Gasteiger partial charge < -0.3 is 10.2 Å². The minimum absolute atomic E-state index is 0.132. The van der Waals surface area contributed by atoms with Gasteiger partial charge in [0, 0.05) is 25.4 Å². The van der Waals surface area contributed by atoms with Crippen molar-refractivity contribution in [2.75, 3.05) is 18.0 Å². The molecule has 1 N–H and O–H groups in total. The van der Waals surface area contributed by atoms with Crippen molar-refractivity contribution >= 4 is 29.0 Å². The first-order valence-electron chi connectivity index (χ1n) is 5.89. The van der Waals surface area contributed by atoms with Crippen LogP contribution in [0.1, 0.15) is 13.3 Å². The van der Waals surface area contributed by atoms with Crippen molar-refractivity contribution in [3.63, 3.8) is 0 Å². The fraction of sp³-hybridized carbons (Fsp3) is 0.455. The molecule has 102 valence electrons. The van der Waals surface area contributed by atoms with Crippen LogP contribution in [0.15, 0.2) is 12.3 Å². The summed E-state index contributed by atoms with van der Waals surface area (Å²) in [6.07, 6.45) is 1.95. The molecular weight excluding hydrogens is 272 g/mol. The maximum atomic E-state index is 11.7. The van der Waals surface area contributed by atoms with Crippen LogP contribution in [0.25, 0.3) is 0 Å². The molecule has 1 aromatic rings. The van der Waals surface area contributed by atoms with Gasteiger partial charge in [0.2, 0.25) is 11.7 Å². The number of carbonyl (C=O) groups is 1. The van der Waals surface area contributed by atoms with Gasteiger partial charge in [-0.2, -0.15) is 0 Å². The Bertz CT molecular complexity index is 523. The number of hydrogen-bond acceptors (Lipinski definition) is 5. The maximum Gasteiger partial charge on any atom is 0.313 e. The van der Waals surface area contributed by atoms with Crippen molar-refractivity contribution in [1.82, 2.24) is 10.3 Å². The monoisotopic (exact) mass is 284 g/mol. The van der Waals surface area contributed by atoms with Crippen LogP contribution in [-0.4, -0.2) is 34.9 Å². The van der Waals surface area contributed by atoms with Crippen molar-refractivity contribution in [1.29, 1.82) is 0 Å². The number of hydrogen-bond donors (Lipinski definition) is 1. The second-order valence-electron chi connectivity index (χ2n) is 4.13. The van der Waals surface area contributed by atoms with Gasteiger partial charge in [0.1, 0.15) is 6.04 Å². The minimum Gasteiger partial charge on any atom is -0.354 e. The van der Waals surface area contributed by atoms with Crippen LogP contribution in [0.2, 0.25) is 5.02 Å². The number of rotatable bonds is 4. The summed E-state index contributed by atoms with van der Waals surface area (Å²) in [6.45, 7) is 2.85. The quantitative estimate of drug-likeness (QED) is 0.666. The number of nitrogens with one attached hydrogen (secondary N) is 1. The highest BCUT2D eigenvalue weighted by molar-refractivity contribution is 6.30. The largest absolute Gasteiger partial charge is 0.354 e. The minimum atomic E-state index is -0.538. The second kappa shape index (κ2) is 5.40. The maximum absolute atomic E-state index is 11.7. The molecule has 2 heterocycles. The number of likely N-dealkylation sites (N-methyl/N-ethyl adjacent to an activating group) is 1. The summed E-state index contributed by atoms with van der Waals surface area (Å²) >= 11 is 5.73. The average Bonchev–Trinajstić information content (AvgIpc) is 2.78. The van der Waals surface area contributed by atoms with Crippen LogP contribution in [0.3, 0.4) is 0 Å². The first kappa shape index (κ1) is 13.5. The third kappa shape index (κ3) is 2.60. The van der Waals surface area contributed by atoms with E-state index in [2.05, 4.69) is 10.3 Å². The Hall–Kier alpha value is -1.89. The Kier molecular flexibility index (Phi) is 3.84. The van der Waals surface area contributed by atoms with Crippen molar-refractivity contribution in [3.8, 4) is 0 Å². The molecule has 1 atom stereocenters. The molecule has 0 aromatic carbocycles. The molecule has 0 aliphatic carbocycles. The number of halogens is 1. The van der Waals surface area contributed by atoms with E-state index in [9.17, 15) is 14.9 Å². The molecule has 1 aliphatic heterocycles. The Labute approximate surface area is 114 Å². The Morgan fingerprint density at radius 3 is 2.95 bits per heavy atom. The van der Waals surface area contributed by atoms with Crippen LogP contribution in [0, 0.1) is 10.1 Å². The van der Waals surface area contributed by atoms with E-state index in [1.54, 1.807) is 4.90 Å². The topological polar surface area (TPSA) is 88.4 Å². The lowest BCUT2D eigenvalue weighted by molar-refractivity contribution is -0.384. The summed E-state index contributed by atoms with van der Waals surface area (Å²) in [4.78, 5) is 27.9. The Balaban J connectivity index is 2.43. The first-order valence-corrected chi connectivity index (χ1v) is 6.26. The summed E-state index contributed by atoms with van der Waals surface area (Å²) < 4.78 is 0. The predicted molar refractivity (Wildman–Crippen MR) is 70.3 cm³/mol. The fourth-order valence-electron chi connectivity index (χ4n) is 2.17. The molecule has 7 nitrogen and oxygen atoms in total. The highest BCUT2D eigenvalue weighted by atomic mass is 35.5. The van der Waals surface area contributed by atoms with E-state index in [0.29, 0.717) is 19.5 Å². The van der Waals surface area contributed by atoms with Crippen LogP contribution in [0.5, 0.6) is 0 Å². The number of nitrogens with zero attached hydrogens (tertiary/aromatic N) is 3. The molecule has 1 saturated heterocycles. The molecule has 1 aliphatic rings. The molecule has 1 fully saturated rings. The summed E-state index contributed by atoms with van der Waals surface area (Å²) in [5.41, 5.74) is -0.186. The van der Waals surface area contributed by atoms with Gasteiger partial charge in [-0.05, 0) is 13.3 Å². The van der Waals surface area contributed by atoms with Crippen LogP contribution >= 0.6 is 11.6 Å². The van der Waals surface area contributed by atoms with Gasteiger partial charge in [0.15, 0.2) is 0 Å². The predicted octanol–water partition coefficient (Wildman–Crippen LogP) is 1.36. The molecule has 0 unspecified atom stereocenters. The van der Waals surface area contributed by atoms with E-state index in [1.165, 1.54) is 12.3 Å². The lowest BCUT2D eigenvalue weighted by atomic mass is 10.2. The van der Waals surface area contributed by atoms with E-state index in [-0.39, 0.29) is 22.4 Å². The van der Waals surface area contributed by atoms with E-state index in [4.69, 9.17) is 11.6 Å². The van der Waals surface area contributed by atoms with E-state index >= 15 is 0 Å². The van der Waals surface area contributed by atoms with Crippen LogP contribution < -0.4 is 10.2 Å². The third-order valence-corrected chi connectivity index (χ3v) is 3.23. The van der Waals surface area contributed by atoms with Gasteiger partial charge >= 0.3 is 5.69 Å². The van der Waals surface area contributed by atoms with Crippen LogP contribution in [0.4, 0.5) is 11.5 Å². The molecular formula is C11H13ClN4O3. The molecule has 1 aromatic heterocycles. The van der Waals surface area contributed by atoms with Crippen molar-refractivity contribution in [3.05, 3.63) is 27.4 Å². The third-order valence-electron chi connectivity index (χ3n) is 3.02. The molecule has 0 saturated carbocycles. The normalized spacial score (nSPS) is 18.2. The first-order chi connectivity index (χ1) is 9.04. The van der Waals surface area contributed by atoms with E-state index in [1.807, 2.05) is 6.92 Å². The Morgan fingerprint density at radius 1 is 1.68 bits per heavy atom. The smallest absolute Gasteiger partial charge is 0.313 e. The molecule has 19 heavy (non-hydrogen) atoms. The van der Waals surface area contributed by atoms with E-state index < -0.39 is 11.0 Å². The van der Waals surface area contributed by atoms with Crippen molar-refractivity contribution in [2.45, 2.75) is 19.4 Å². The Morgan fingerprint density at radius 2 is 2.42 bits per heavy atom. The lowest BCUT2D eigenvalue weighted by Gasteiger charge is -2.26. The highest BCUT2D eigenvalue weighted by Gasteiger charge is 2.33. The molecule has 0 radical (unpaired) electrons. The van der Waals surface area contributed by atoms with Gasteiger partial charge in [-0.15, -0.1) is 0 Å². The van der Waals surface area contributed by atoms with Gasteiger partial charge in [0.05, 0.1) is 9.95 Å². The SMILES string of the molecule is CCN(c1ncc(Cl)cc1[N+](=O)[O-])[C@H]1CCNC1=O. The zero-order chi connectivity index (χ0) is 14.0. The summed E-state index contributed by atoms with van der Waals surface area (Å²) in [5.74, 6) is 0.0480. The zero-order valence-corrected chi connectivity index (χ0v) is 11.1. The van der Waals surface area contributed by atoms with Gasteiger partial charge in [0.25, 0.3) is 0 Å². The van der Waals surface area contributed by atoms with E-state index in [0.717, 1.165) is 0 Å².